The highest BCUT2D eigenvalue weighted by Crippen LogP contribution is 2.30. The highest BCUT2D eigenvalue weighted by Gasteiger charge is 2.23. The maximum atomic E-state index is 10.4. The average Bonchev–Trinajstić information content (AvgIpc) is 2.46. The van der Waals surface area contributed by atoms with Gasteiger partial charge in [0, 0.05) is 12.0 Å². The predicted octanol–water partition coefficient (Wildman–Crippen LogP) is 3.36. The van der Waals surface area contributed by atoms with Crippen molar-refractivity contribution in [3.63, 3.8) is 0 Å². The SMILES string of the molecule is Cc1ccc([C@@H](N)[C@H](C)[C@H](O)c2ccccc2)cc1. The number of hydrogen-bond donors (Lipinski definition) is 2. The van der Waals surface area contributed by atoms with Crippen LogP contribution in [0.5, 0.6) is 0 Å². The van der Waals surface area contributed by atoms with Gasteiger partial charge in [0.2, 0.25) is 0 Å². The van der Waals surface area contributed by atoms with Crippen molar-refractivity contribution in [3.8, 4) is 0 Å². The van der Waals surface area contributed by atoms with Crippen molar-refractivity contribution in [1.29, 1.82) is 0 Å². The molecular formula is C17H21NO. The van der Waals surface area contributed by atoms with Crippen LogP contribution in [-0.2, 0) is 0 Å². The van der Waals surface area contributed by atoms with Crippen LogP contribution in [0.25, 0.3) is 0 Å². The smallest absolute Gasteiger partial charge is 0.0833 e. The molecule has 19 heavy (non-hydrogen) atoms. The van der Waals surface area contributed by atoms with Crippen LogP contribution in [0.2, 0.25) is 0 Å². The molecule has 2 aromatic rings. The number of aryl methyl sites for hydroxylation is 1. The Labute approximate surface area is 114 Å². The predicted molar refractivity (Wildman–Crippen MR) is 78.7 cm³/mol. The molecule has 3 N–H and O–H groups in total. The van der Waals surface area contributed by atoms with Crippen LogP contribution in [0.3, 0.4) is 0 Å². The summed E-state index contributed by atoms with van der Waals surface area (Å²) in [6.07, 6.45) is -0.544. The number of aliphatic hydroxyl groups excluding tert-OH is 1. The highest BCUT2D eigenvalue weighted by molar-refractivity contribution is 5.26. The van der Waals surface area contributed by atoms with Gasteiger partial charge in [-0.05, 0) is 18.1 Å². The van der Waals surface area contributed by atoms with Gasteiger partial charge in [0.1, 0.15) is 0 Å². The van der Waals surface area contributed by atoms with Gasteiger partial charge in [-0.1, -0.05) is 67.1 Å². The molecule has 0 aliphatic heterocycles. The summed E-state index contributed by atoms with van der Waals surface area (Å²) in [5, 5.41) is 10.4. The first-order valence-electron chi connectivity index (χ1n) is 6.64. The fourth-order valence-corrected chi connectivity index (χ4v) is 2.24. The molecule has 0 aliphatic carbocycles. The van der Waals surface area contributed by atoms with Crippen LogP contribution in [0.1, 0.15) is 35.8 Å². The normalized spacial score (nSPS) is 15.8. The van der Waals surface area contributed by atoms with Crippen molar-refractivity contribution < 1.29 is 5.11 Å². The lowest BCUT2D eigenvalue weighted by Crippen LogP contribution is -2.24. The fourth-order valence-electron chi connectivity index (χ4n) is 2.24. The Bertz CT molecular complexity index is 507. The van der Waals surface area contributed by atoms with Gasteiger partial charge in [0.05, 0.1) is 6.10 Å². The van der Waals surface area contributed by atoms with Crippen molar-refractivity contribution in [1.82, 2.24) is 0 Å². The second-order valence-corrected chi connectivity index (χ2v) is 5.15. The molecule has 0 heterocycles. The first-order chi connectivity index (χ1) is 9.09. The molecule has 2 heteroatoms. The third-order valence-corrected chi connectivity index (χ3v) is 3.67. The molecule has 0 unspecified atom stereocenters. The Kier molecular flexibility index (Phi) is 4.35. The summed E-state index contributed by atoms with van der Waals surface area (Å²) in [6, 6.07) is 17.7. The molecule has 0 saturated carbocycles. The zero-order chi connectivity index (χ0) is 13.8. The first-order valence-corrected chi connectivity index (χ1v) is 6.64. The summed E-state index contributed by atoms with van der Waals surface area (Å²) in [5.74, 6) is -0.0369. The average molecular weight is 255 g/mol. The Balaban J connectivity index is 2.15. The van der Waals surface area contributed by atoms with E-state index < -0.39 is 6.10 Å². The quantitative estimate of drug-likeness (QED) is 0.880. The molecule has 0 radical (unpaired) electrons. The molecule has 2 rings (SSSR count). The first kappa shape index (κ1) is 13.8. The van der Waals surface area contributed by atoms with E-state index in [1.807, 2.05) is 49.4 Å². The fraction of sp³-hybridized carbons (Fsp3) is 0.294. The minimum Gasteiger partial charge on any atom is -0.388 e. The van der Waals surface area contributed by atoms with Gasteiger partial charge in [-0.15, -0.1) is 0 Å². The van der Waals surface area contributed by atoms with Crippen LogP contribution >= 0.6 is 0 Å². The van der Waals surface area contributed by atoms with Gasteiger partial charge in [-0.2, -0.15) is 0 Å². The molecule has 2 nitrogen and oxygen atoms in total. The molecular weight excluding hydrogens is 234 g/mol. The van der Waals surface area contributed by atoms with E-state index in [0.717, 1.165) is 11.1 Å². The largest absolute Gasteiger partial charge is 0.388 e. The Morgan fingerprint density at radius 1 is 0.895 bits per heavy atom. The van der Waals surface area contributed by atoms with Crippen LogP contribution in [0.15, 0.2) is 54.6 Å². The van der Waals surface area contributed by atoms with Gasteiger partial charge in [-0.3, -0.25) is 0 Å². The van der Waals surface area contributed by atoms with E-state index in [1.54, 1.807) is 0 Å². The highest BCUT2D eigenvalue weighted by atomic mass is 16.3. The van der Waals surface area contributed by atoms with E-state index in [-0.39, 0.29) is 12.0 Å². The van der Waals surface area contributed by atoms with Crippen molar-refractivity contribution >= 4 is 0 Å². The third kappa shape index (κ3) is 3.22. The summed E-state index contributed by atoms with van der Waals surface area (Å²) in [7, 11) is 0. The number of nitrogens with two attached hydrogens (primary N) is 1. The minimum absolute atomic E-state index is 0.0369. The lowest BCUT2D eigenvalue weighted by atomic mass is 9.87. The number of benzene rings is 2. The van der Waals surface area contributed by atoms with E-state index in [2.05, 4.69) is 19.1 Å². The van der Waals surface area contributed by atoms with Crippen molar-refractivity contribution in [2.24, 2.45) is 11.7 Å². The molecule has 2 aromatic carbocycles. The van der Waals surface area contributed by atoms with Crippen LogP contribution < -0.4 is 5.73 Å². The molecule has 0 bridgehead atoms. The Hall–Kier alpha value is -1.64. The molecule has 0 saturated heterocycles. The molecule has 100 valence electrons. The summed E-state index contributed by atoms with van der Waals surface area (Å²) in [4.78, 5) is 0. The van der Waals surface area contributed by atoms with Crippen LogP contribution in [-0.4, -0.2) is 5.11 Å². The third-order valence-electron chi connectivity index (χ3n) is 3.67. The molecule has 0 aliphatic rings. The zero-order valence-corrected chi connectivity index (χ0v) is 11.5. The molecule has 0 amide bonds. The molecule has 3 atom stereocenters. The lowest BCUT2D eigenvalue weighted by molar-refractivity contribution is 0.103. The molecule has 0 fully saturated rings. The van der Waals surface area contributed by atoms with Crippen LogP contribution in [0.4, 0.5) is 0 Å². The van der Waals surface area contributed by atoms with E-state index >= 15 is 0 Å². The van der Waals surface area contributed by atoms with Gasteiger partial charge < -0.3 is 10.8 Å². The summed E-state index contributed by atoms with van der Waals surface area (Å²) in [5.41, 5.74) is 9.46. The zero-order valence-electron chi connectivity index (χ0n) is 11.5. The minimum atomic E-state index is -0.544. The topological polar surface area (TPSA) is 46.2 Å². The van der Waals surface area contributed by atoms with Gasteiger partial charge in [0.25, 0.3) is 0 Å². The Morgan fingerprint density at radius 2 is 1.47 bits per heavy atom. The summed E-state index contributed by atoms with van der Waals surface area (Å²) < 4.78 is 0. The van der Waals surface area contributed by atoms with E-state index in [1.165, 1.54) is 5.56 Å². The van der Waals surface area contributed by atoms with Crippen LogP contribution in [0, 0.1) is 12.8 Å². The van der Waals surface area contributed by atoms with Crippen molar-refractivity contribution in [3.05, 3.63) is 71.3 Å². The molecule has 0 aromatic heterocycles. The van der Waals surface area contributed by atoms with E-state index in [9.17, 15) is 5.11 Å². The maximum absolute atomic E-state index is 10.4. The van der Waals surface area contributed by atoms with Crippen molar-refractivity contribution in [2.45, 2.75) is 26.0 Å². The molecule has 0 spiro atoms. The monoisotopic (exact) mass is 255 g/mol. The van der Waals surface area contributed by atoms with Gasteiger partial charge in [0.15, 0.2) is 0 Å². The second kappa shape index (κ2) is 6.00. The van der Waals surface area contributed by atoms with Crippen molar-refractivity contribution in [2.75, 3.05) is 0 Å². The lowest BCUT2D eigenvalue weighted by Gasteiger charge is -2.25. The summed E-state index contributed by atoms with van der Waals surface area (Å²) >= 11 is 0. The maximum Gasteiger partial charge on any atom is 0.0833 e. The van der Waals surface area contributed by atoms with E-state index in [4.69, 9.17) is 5.73 Å². The van der Waals surface area contributed by atoms with E-state index in [0.29, 0.717) is 0 Å². The Morgan fingerprint density at radius 3 is 2.05 bits per heavy atom. The number of aliphatic hydroxyl groups is 1. The van der Waals surface area contributed by atoms with Gasteiger partial charge in [-0.25, -0.2) is 0 Å². The summed E-state index contributed by atoms with van der Waals surface area (Å²) in [6.45, 7) is 4.04. The standard InChI is InChI=1S/C17H21NO/c1-12-8-10-14(11-9-12)16(18)13(2)17(19)15-6-4-3-5-7-15/h3-11,13,16-17,19H,18H2,1-2H3/t13-,16-,17-/m0/s1. The second-order valence-electron chi connectivity index (χ2n) is 5.15. The van der Waals surface area contributed by atoms with Gasteiger partial charge >= 0.3 is 0 Å². The number of hydrogen-bond acceptors (Lipinski definition) is 2. The number of rotatable bonds is 4.